The highest BCUT2D eigenvalue weighted by molar-refractivity contribution is 6.35. The molecular weight excluding hydrogens is 307 g/mol. The Morgan fingerprint density at radius 2 is 2.00 bits per heavy atom. The maximum Gasteiger partial charge on any atom is 0.246 e. The van der Waals surface area contributed by atoms with Crippen LogP contribution in [0.5, 0.6) is 0 Å². The first-order valence-corrected chi connectivity index (χ1v) is 7.81. The van der Waals surface area contributed by atoms with Crippen molar-refractivity contribution in [2.45, 2.75) is 18.9 Å². The van der Waals surface area contributed by atoms with Crippen LogP contribution in [0, 0.1) is 0 Å². The second-order valence-electron chi connectivity index (χ2n) is 5.48. The lowest BCUT2D eigenvalue weighted by Crippen LogP contribution is -2.43. The van der Waals surface area contributed by atoms with E-state index < -0.39 is 0 Å². The molecule has 0 N–H and O–H groups in total. The fourth-order valence-electron chi connectivity index (χ4n) is 2.48. The Kier molecular flexibility index (Phi) is 5.68. The summed E-state index contributed by atoms with van der Waals surface area (Å²) >= 11 is 11.9. The average molecular weight is 327 g/mol. The molecule has 1 aromatic carbocycles. The molecule has 1 heterocycles. The number of benzene rings is 1. The minimum atomic E-state index is 0.00979. The Bertz CT molecular complexity index is 537. The molecule has 1 fully saturated rings. The molecule has 0 spiro atoms. The van der Waals surface area contributed by atoms with Gasteiger partial charge in [0.25, 0.3) is 0 Å². The van der Waals surface area contributed by atoms with Crippen molar-refractivity contribution in [3.05, 3.63) is 39.9 Å². The number of likely N-dealkylation sites (tertiary alicyclic amines) is 1. The maximum atomic E-state index is 12.2. The number of hydrogen-bond donors (Lipinski definition) is 0. The highest BCUT2D eigenvalue weighted by atomic mass is 35.5. The lowest BCUT2D eigenvalue weighted by atomic mass is 10.0. The quantitative estimate of drug-likeness (QED) is 0.793. The number of rotatable bonds is 3. The minimum absolute atomic E-state index is 0.00979. The summed E-state index contributed by atoms with van der Waals surface area (Å²) in [6.07, 6.45) is 5.36. The maximum absolute atomic E-state index is 12.2. The minimum Gasteiger partial charge on any atom is -0.339 e. The van der Waals surface area contributed by atoms with Crippen molar-refractivity contribution in [2.24, 2.45) is 0 Å². The zero-order valence-electron chi connectivity index (χ0n) is 12.4. The molecule has 1 aliphatic heterocycles. The predicted molar refractivity (Wildman–Crippen MR) is 88.8 cm³/mol. The van der Waals surface area contributed by atoms with E-state index in [0.29, 0.717) is 16.1 Å². The lowest BCUT2D eigenvalue weighted by molar-refractivity contribution is -0.127. The van der Waals surface area contributed by atoms with Gasteiger partial charge < -0.3 is 9.80 Å². The van der Waals surface area contributed by atoms with Crippen LogP contribution in [-0.4, -0.2) is 48.9 Å². The van der Waals surface area contributed by atoms with E-state index in [1.165, 1.54) is 0 Å². The summed E-state index contributed by atoms with van der Waals surface area (Å²) in [5.41, 5.74) is 0.797. The van der Waals surface area contributed by atoms with Crippen LogP contribution in [0.25, 0.3) is 6.08 Å². The molecule has 1 saturated heterocycles. The summed E-state index contributed by atoms with van der Waals surface area (Å²) < 4.78 is 0. The van der Waals surface area contributed by atoms with Gasteiger partial charge in [0.2, 0.25) is 5.91 Å². The smallest absolute Gasteiger partial charge is 0.246 e. The molecule has 2 rings (SSSR count). The van der Waals surface area contributed by atoms with Gasteiger partial charge in [0, 0.05) is 29.2 Å². The molecule has 0 aromatic heterocycles. The van der Waals surface area contributed by atoms with E-state index in [-0.39, 0.29) is 5.91 Å². The van der Waals surface area contributed by atoms with Crippen LogP contribution >= 0.6 is 23.2 Å². The van der Waals surface area contributed by atoms with E-state index in [2.05, 4.69) is 11.9 Å². The fourth-order valence-corrected chi connectivity index (χ4v) is 2.95. The third-order valence-corrected chi connectivity index (χ3v) is 4.51. The summed E-state index contributed by atoms with van der Waals surface area (Å²) in [5.74, 6) is 0.00979. The van der Waals surface area contributed by atoms with Crippen LogP contribution in [0.1, 0.15) is 18.4 Å². The molecular formula is C16H20Cl2N2O. The third-order valence-electron chi connectivity index (χ3n) is 3.95. The second-order valence-corrected chi connectivity index (χ2v) is 6.33. The van der Waals surface area contributed by atoms with E-state index in [4.69, 9.17) is 23.2 Å². The van der Waals surface area contributed by atoms with Crippen LogP contribution < -0.4 is 0 Å². The van der Waals surface area contributed by atoms with Crippen molar-refractivity contribution in [3.8, 4) is 0 Å². The standard InChI is InChI=1S/C16H20Cl2N2O/c1-19-9-7-14(8-10-19)20(2)16(21)6-4-12-3-5-13(17)11-15(12)18/h3-6,11,14H,7-10H2,1-2H3/b6-4+. The number of carbonyl (C=O) groups is 1. The average Bonchev–Trinajstić information content (AvgIpc) is 2.46. The van der Waals surface area contributed by atoms with Gasteiger partial charge >= 0.3 is 0 Å². The molecule has 0 unspecified atom stereocenters. The monoisotopic (exact) mass is 326 g/mol. The SMILES string of the molecule is CN1CCC(N(C)C(=O)/C=C/c2ccc(Cl)cc2Cl)CC1. The zero-order valence-corrected chi connectivity index (χ0v) is 13.9. The number of halogens is 2. The summed E-state index contributed by atoms with van der Waals surface area (Å²) in [6.45, 7) is 2.07. The van der Waals surface area contributed by atoms with Gasteiger partial charge in [-0.05, 0) is 56.8 Å². The Morgan fingerprint density at radius 3 is 2.62 bits per heavy atom. The molecule has 1 aromatic rings. The number of nitrogens with zero attached hydrogens (tertiary/aromatic N) is 2. The Morgan fingerprint density at radius 1 is 1.33 bits per heavy atom. The van der Waals surface area contributed by atoms with Crippen molar-refractivity contribution < 1.29 is 4.79 Å². The molecule has 0 saturated carbocycles. The van der Waals surface area contributed by atoms with Gasteiger partial charge in [0.05, 0.1) is 0 Å². The molecule has 0 aliphatic carbocycles. The van der Waals surface area contributed by atoms with Crippen LogP contribution in [-0.2, 0) is 4.79 Å². The molecule has 1 amide bonds. The van der Waals surface area contributed by atoms with Crippen molar-refractivity contribution in [1.82, 2.24) is 9.80 Å². The summed E-state index contributed by atoms with van der Waals surface area (Å²) in [6, 6.07) is 5.56. The van der Waals surface area contributed by atoms with Crippen molar-refractivity contribution in [3.63, 3.8) is 0 Å². The molecule has 0 bridgehead atoms. The molecule has 5 heteroatoms. The molecule has 3 nitrogen and oxygen atoms in total. The van der Waals surface area contributed by atoms with E-state index >= 15 is 0 Å². The van der Waals surface area contributed by atoms with E-state index in [1.807, 2.05) is 18.0 Å². The third kappa shape index (κ3) is 4.47. The van der Waals surface area contributed by atoms with Gasteiger partial charge in [-0.2, -0.15) is 0 Å². The Balaban J connectivity index is 1.98. The van der Waals surface area contributed by atoms with E-state index in [9.17, 15) is 4.79 Å². The van der Waals surface area contributed by atoms with E-state index in [1.54, 1.807) is 24.3 Å². The van der Waals surface area contributed by atoms with Gasteiger partial charge in [0.15, 0.2) is 0 Å². The lowest BCUT2D eigenvalue weighted by Gasteiger charge is -2.34. The number of carbonyl (C=O) groups excluding carboxylic acids is 1. The largest absolute Gasteiger partial charge is 0.339 e. The number of amides is 1. The van der Waals surface area contributed by atoms with Crippen LogP contribution in [0.4, 0.5) is 0 Å². The molecule has 114 valence electrons. The predicted octanol–water partition coefficient (Wildman–Crippen LogP) is 3.56. The van der Waals surface area contributed by atoms with E-state index in [0.717, 1.165) is 31.5 Å². The van der Waals surface area contributed by atoms with Gasteiger partial charge in [-0.15, -0.1) is 0 Å². The highest BCUT2D eigenvalue weighted by Crippen LogP contribution is 2.22. The van der Waals surface area contributed by atoms with Gasteiger partial charge in [-0.1, -0.05) is 29.3 Å². The first-order chi connectivity index (χ1) is 9.97. The number of likely N-dealkylation sites (N-methyl/N-ethyl adjacent to an activating group) is 1. The molecule has 0 atom stereocenters. The Hall–Kier alpha value is -1.03. The fraction of sp³-hybridized carbons (Fsp3) is 0.438. The number of piperidine rings is 1. The van der Waals surface area contributed by atoms with Crippen molar-refractivity contribution >= 4 is 35.2 Å². The van der Waals surface area contributed by atoms with Crippen LogP contribution in [0.15, 0.2) is 24.3 Å². The topological polar surface area (TPSA) is 23.6 Å². The van der Waals surface area contributed by atoms with Crippen LogP contribution in [0.2, 0.25) is 10.0 Å². The van der Waals surface area contributed by atoms with Gasteiger partial charge in [0.1, 0.15) is 0 Å². The summed E-state index contributed by atoms with van der Waals surface area (Å²) in [5, 5.41) is 1.14. The van der Waals surface area contributed by atoms with Gasteiger partial charge in [-0.25, -0.2) is 0 Å². The molecule has 0 radical (unpaired) electrons. The van der Waals surface area contributed by atoms with Crippen LogP contribution in [0.3, 0.4) is 0 Å². The summed E-state index contributed by atoms with van der Waals surface area (Å²) in [7, 11) is 3.98. The van der Waals surface area contributed by atoms with Crippen molar-refractivity contribution in [1.29, 1.82) is 0 Å². The Labute approximate surface area is 136 Å². The zero-order chi connectivity index (χ0) is 15.4. The normalized spacial score (nSPS) is 17.3. The van der Waals surface area contributed by atoms with Crippen molar-refractivity contribution in [2.75, 3.05) is 27.2 Å². The molecule has 1 aliphatic rings. The highest BCUT2D eigenvalue weighted by Gasteiger charge is 2.22. The first kappa shape index (κ1) is 16.3. The molecule has 21 heavy (non-hydrogen) atoms. The first-order valence-electron chi connectivity index (χ1n) is 7.06. The second kappa shape index (κ2) is 7.30. The van der Waals surface area contributed by atoms with Gasteiger partial charge in [-0.3, -0.25) is 4.79 Å². The summed E-state index contributed by atoms with van der Waals surface area (Å²) in [4.78, 5) is 16.3. The number of hydrogen-bond acceptors (Lipinski definition) is 2.